The van der Waals surface area contributed by atoms with E-state index in [0.717, 1.165) is 31.4 Å². The Labute approximate surface area is 187 Å². The highest BCUT2D eigenvalue weighted by Gasteiger charge is 2.24. The Morgan fingerprint density at radius 1 is 1.09 bits per heavy atom. The molecule has 1 fully saturated rings. The molecule has 32 heavy (non-hydrogen) atoms. The summed E-state index contributed by atoms with van der Waals surface area (Å²) in [6.07, 6.45) is 4.73. The third kappa shape index (κ3) is 4.28. The molecular formula is C25H27FN4O2. The fraction of sp³-hybridized carbons (Fsp3) is 0.320. The molecule has 3 aromatic rings. The first-order chi connectivity index (χ1) is 15.3. The summed E-state index contributed by atoms with van der Waals surface area (Å²) in [5, 5.41) is 7.20. The Hall–Kier alpha value is -3.48. The van der Waals surface area contributed by atoms with Gasteiger partial charge in [0.15, 0.2) is 0 Å². The van der Waals surface area contributed by atoms with Crippen LogP contribution < -0.4 is 5.32 Å². The molecule has 166 valence electrons. The maximum atomic E-state index is 13.2. The Morgan fingerprint density at radius 2 is 1.84 bits per heavy atom. The third-order valence-electron chi connectivity index (χ3n) is 6.11. The summed E-state index contributed by atoms with van der Waals surface area (Å²) < 4.78 is 14.8. The summed E-state index contributed by atoms with van der Waals surface area (Å²) in [6.45, 7) is 6.54. The SMILES string of the molecule is Cc1cc(C(=O)N2CCCC[C@H]2C)ccc1NC(=O)c1cnn(-c2ccc(F)cc2)c1C. The van der Waals surface area contributed by atoms with Crippen LogP contribution in [-0.4, -0.2) is 39.1 Å². The normalized spacial score (nSPS) is 16.1. The van der Waals surface area contributed by atoms with E-state index in [1.54, 1.807) is 35.9 Å². The van der Waals surface area contributed by atoms with Crippen LogP contribution in [0.2, 0.25) is 0 Å². The zero-order valence-corrected chi connectivity index (χ0v) is 18.6. The van der Waals surface area contributed by atoms with Crippen LogP contribution in [0.25, 0.3) is 5.69 Å². The van der Waals surface area contributed by atoms with Gasteiger partial charge in [-0.3, -0.25) is 9.59 Å². The molecule has 1 aromatic heterocycles. The van der Waals surface area contributed by atoms with E-state index in [1.165, 1.54) is 18.3 Å². The number of carbonyl (C=O) groups is 2. The number of anilines is 1. The van der Waals surface area contributed by atoms with Crippen molar-refractivity contribution in [3.8, 4) is 5.69 Å². The molecule has 6 nitrogen and oxygen atoms in total. The number of likely N-dealkylation sites (tertiary alicyclic amines) is 1. The number of rotatable bonds is 4. The van der Waals surface area contributed by atoms with E-state index < -0.39 is 0 Å². The number of benzene rings is 2. The molecule has 0 spiro atoms. The standard InChI is InChI=1S/C25H27FN4O2/c1-16-14-19(25(32)29-13-5-4-6-17(29)2)7-12-23(16)28-24(31)22-15-27-30(18(22)3)21-10-8-20(26)9-11-21/h7-12,14-15,17H,4-6,13H2,1-3H3,(H,28,31)/t17-/m1/s1. The molecule has 1 saturated heterocycles. The first-order valence-electron chi connectivity index (χ1n) is 10.9. The molecule has 4 rings (SSSR count). The smallest absolute Gasteiger partial charge is 0.259 e. The maximum Gasteiger partial charge on any atom is 0.259 e. The van der Waals surface area contributed by atoms with Crippen molar-refractivity contribution >= 4 is 17.5 Å². The minimum absolute atomic E-state index is 0.0367. The fourth-order valence-corrected chi connectivity index (χ4v) is 4.17. The molecule has 7 heteroatoms. The number of nitrogens with zero attached hydrogens (tertiary/aromatic N) is 3. The van der Waals surface area contributed by atoms with E-state index in [4.69, 9.17) is 0 Å². The van der Waals surface area contributed by atoms with Gasteiger partial charge in [0.05, 0.1) is 23.1 Å². The molecule has 0 aliphatic carbocycles. The Balaban J connectivity index is 1.50. The fourth-order valence-electron chi connectivity index (χ4n) is 4.17. The van der Waals surface area contributed by atoms with Crippen molar-refractivity contribution in [2.75, 3.05) is 11.9 Å². The first kappa shape index (κ1) is 21.7. The number of hydrogen-bond acceptors (Lipinski definition) is 3. The molecule has 0 saturated carbocycles. The monoisotopic (exact) mass is 434 g/mol. The Bertz CT molecular complexity index is 1150. The molecule has 1 atom stereocenters. The second kappa shape index (κ2) is 8.94. The number of nitrogens with one attached hydrogen (secondary N) is 1. The molecule has 0 bridgehead atoms. The highest BCUT2D eigenvalue weighted by molar-refractivity contribution is 6.05. The third-order valence-corrected chi connectivity index (χ3v) is 6.11. The lowest BCUT2D eigenvalue weighted by molar-refractivity contribution is 0.0635. The summed E-state index contributed by atoms with van der Waals surface area (Å²) in [7, 11) is 0. The van der Waals surface area contributed by atoms with E-state index in [-0.39, 0.29) is 23.7 Å². The van der Waals surface area contributed by atoms with Crippen molar-refractivity contribution in [3.05, 3.63) is 76.9 Å². The Morgan fingerprint density at radius 3 is 2.53 bits per heavy atom. The zero-order valence-electron chi connectivity index (χ0n) is 18.6. The van der Waals surface area contributed by atoms with Crippen molar-refractivity contribution in [1.29, 1.82) is 0 Å². The molecular weight excluding hydrogens is 407 g/mol. The number of carbonyl (C=O) groups excluding carboxylic acids is 2. The summed E-state index contributed by atoms with van der Waals surface area (Å²) >= 11 is 0. The van der Waals surface area contributed by atoms with Crippen molar-refractivity contribution in [3.63, 3.8) is 0 Å². The van der Waals surface area contributed by atoms with Crippen molar-refractivity contribution in [2.24, 2.45) is 0 Å². The molecule has 0 radical (unpaired) electrons. The highest BCUT2D eigenvalue weighted by atomic mass is 19.1. The van der Waals surface area contributed by atoms with Gasteiger partial charge in [-0.1, -0.05) is 0 Å². The van der Waals surface area contributed by atoms with Gasteiger partial charge < -0.3 is 10.2 Å². The van der Waals surface area contributed by atoms with Crippen LogP contribution >= 0.6 is 0 Å². The van der Waals surface area contributed by atoms with Gasteiger partial charge in [-0.2, -0.15) is 5.10 Å². The average molecular weight is 435 g/mol. The van der Waals surface area contributed by atoms with Gasteiger partial charge in [0.1, 0.15) is 5.82 Å². The molecule has 2 aromatic carbocycles. The Kier molecular flexibility index (Phi) is 6.08. The molecule has 1 aliphatic heterocycles. The van der Waals surface area contributed by atoms with E-state index in [1.807, 2.05) is 17.9 Å². The predicted molar refractivity (Wildman–Crippen MR) is 122 cm³/mol. The number of hydrogen-bond donors (Lipinski definition) is 1. The van der Waals surface area contributed by atoms with Crippen molar-refractivity contribution < 1.29 is 14.0 Å². The number of aromatic nitrogens is 2. The summed E-state index contributed by atoms with van der Waals surface area (Å²) in [6, 6.07) is 11.5. The van der Waals surface area contributed by atoms with Crippen LogP contribution in [0.5, 0.6) is 0 Å². The molecule has 2 amide bonds. The largest absolute Gasteiger partial charge is 0.336 e. The lowest BCUT2D eigenvalue weighted by Crippen LogP contribution is -2.42. The lowest BCUT2D eigenvalue weighted by Gasteiger charge is -2.33. The van der Waals surface area contributed by atoms with Gasteiger partial charge >= 0.3 is 0 Å². The van der Waals surface area contributed by atoms with E-state index in [0.29, 0.717) is 28.2 Å². The van der Waals surface area contributed by atoms with E-state index >= 15 is 0 Å². The van der Waals surface area contributed by atoms with Gasteiger partial charge in [0.25, 0.3) is 11.8 Å². The lowest BCUT2D eigenvalue weighted by atomic mass is 10.0. The number of halogens is 1. The second-order valence-electron chi connectivity index (χ2n) is 8.36. The minimum atomic E-state index is -0.330. The van der Waals surface area contributed by atoms with Crippen molar-refractivity contribution in [1.82, 2.24) is 14.7 Å². The molecule has 2 heterocycles. The number of aryl methyl sites for hydroxylation is 1. The van der Waals surface area contributed by atoms with Gasteiger partial charge in [0.2, 0.25) is 0 Å². The first-order valence-corrected chi connectivity index (χ1v) is 10.9. The van der Waals surface area contributed by atoms with Crippen LogP contribution in [0.1, 0.15) is 58.2 Å². The van der Waals surface area contributed by atoms with Gasteiger partial charge in [-0.05, 0) is 88.1 Å². The van der Waals surface area contributed by atoms with Gasteiger partial charge in [0, 0.05) is 23.8 Å². The number of amides is 2. The summed E-state index contributed by atoms with van der Waals surface area (Å²) in [5.74, 6) is -0.582. The zero-order chi connectivity index (χ0) is 22.8. The van der Waals surface area contributed by atoms with Crippen LogP contribution in [-0.2, 0) is 0 Å². The maximum absolute atomic E-state index is 13.2. The quantitative estimate of drug-likeness (QED) is 0.635. The summed E-state index contributed by atoms with van der Waals surface area (Å²) in [5.41, 5.74) is 3.85. The number of piperidine rings is 1. The van der Waals surface area contributed by atoms with Crippen LogP contribution in [0, 0.1) is 19.7 Å². The van der Waals surface area contributed by atoms with Crippen LogP contribution in [0.3, 0.4) is 0 Å². The predicted octanol–water partition coefficient (Wildman–Crippen LogP) is 4.90. The summed E-state index contributed by atoms with van der Waals surface area (Å²) in [4.78, 5) is 27.8. The molecule has 1 aliphatic rings. The highest BCUT2D eigenvalue weighted by Crippen LogP contribution is 2.23. The average Bonchev–Trinajstić information content (AvgIpc) is 3.17. The second-order valence-corrected chi connectivity index (χ2v) is 8.36. The van der Waals surface area contributed by atoms with Crippen LogP contribution in [0.4, 0.5) is 10.1 Å². The van der Waals surface area contributed by atoms with Gasteiger partial charge in [-0.15, -0.1) is 0 Å². The van der Waals surface area contributed by atoms with Gasteiger partial charge in [-0.25, -0.2) is 9.07 Å². The van der Waals surface area contributed by atoms with E-state index in [2.05, 4.69) is 17.3 Å². The molecule has 0 unspecified atom stereocenters. The van der Waals surface area contributed by atoms with Crippen molar-refractivity contribution in [2.45, 2.75) is 46.1 Å². The van der Waals surface area contributed by atoms with Crippen LogP contribution in [0.15, 0.2) is 48.7 Å². The van der Waals surface area contributed by atoms with E-state index in [9.17, 15) is 14.0 Å². The molecule has 1 N–H and O–H groups in total. The topological polar surface area (TPSA) is 67.2 Å². The minimum Gasteiger partial charge on any atom is -0.336 e.